The topological polar surface area (TPSA) is 0 Å². The Labute approximate surface area is 134 Å². The molecule has 1 atom stereocenters. The number of aryl methyl sites for hydroxylation is 2. The summed E-state index contributed by atoms with van der Waals surface area (Å²) in [6.45, 7) is 4.39. The summed E-state index contributed by atoms with van der Waals surface area (Å²) in [5.41, 5.74) is 5.45. The maximum absolute atomic E-state index is 3.93. The molecular formula is C20H19Br. The molecule has 0 aliphatic carbocycles. The molecule has 1 heteroatoms. The number of hydrogen-bond acceptors (Lipinski definition) is 0. The molecule has 0 bridgehead atoms. The maximum atomic E-state index is 3.93. The van der Waals surface area contributed by atoms with Gasteiger partial charge in [-0.3, -0.25) is 0 Å². The Kier molecular flexibility index (Phi) is 4.12. The molecule has 0 nitrogen and oxygen atoms in total. The number of rotatable bonds is 3. The molecule has 0 spiro atoms. The molecule has 21 heavy (non-hydrogen) atoms. The van der Waals surface area contributed by atoms with E-state index in [1.807, 2.05) is 0 Å². The third-order valence-electron chi connectivity index (χ3n) is 4.16. The molecular weight excluding hydrogens is 320 g/mol. The minimum absolute atomic E-state index is 0.235. The largest absolute Gasteiger partial charge is 0.0786 e. The molecule has 3 aromatic rings. The second-order valence-corrected chi connectivity index (χ2v) is 6.35. The predicted molar refractivity (Wildman–Crippen MR) is 95.3 cm³/mol. The molecule has 0 aliphatic heterocycles. The Balaban J connectivity index is 2.18. The second-order valence-electron chi connectivity index (χ2n) is 5.43. The molecule has 0 aliphatic rings. The lowest BCUT2D eigenvalue weighted by Crippen LogP contribution is -1.99. The van der Waals surface area contributed by atoms with Gasteiger partial charge in [-0.2, -0.15) is 0 Å². The Morgan fingerprint density at radius 1 is 0.810 bits per heavy atom. The molecule has 3 aromatic carbocycles. The van der Waals surface area contributed by atoms with Crippen molar-refractivity contribution in [1.29, 1.82) is 0 Å². The van der Waals surface area contributed by atoms with Crippen LogP contribution in [0.4, 0.5) is 0 Å². The van der Waals surface area contributed by atoms with E-state index in [9.17, 15) is 0 Å². The standard InChI is InChI=1S/C20H19Br/c1-3-15-8-4-5-10-17(15)20(21)19-13-12-14(2)16-9-6-7-11-18(16)19/h4-13,20H,3H2,1-2H3. The van der Waals surface area contributed by atoms with Crippen LogP contribution in [0, 0.1) is 6.92 Å². The van der Waals surface area contributed by atoms with Crippen LogP contribution in [-0.4, -0.2) is 0 Å². The fourth-order valence-corrected chi connectivity index (χ4v) is 3.81. The van der Waals surface area contributed by atoms with Gasteiger partial charge in [-0.15, -0.1) is 0 Å². The summed E-state index contributed by atoms with van der Waals surface area (Å²) in [6.07, 6.45) is 1.06. The van der Waals surface area contributed by atoms with Crippen LogP contribution in [0.1, 0.15) is 34.0 Å². The van der Waals surface area contributed by atoms with Crippen LogP contribution < -0.4 is 0 Å². The van der Waals surface area contributed by atoms with E-state index in [-0.39, 0.29) is 4.83 Å². The lowest BCUT2D eigenvalue weighted by molar-refractivity contribution is 1.06. The first-order valence-electron chi connectivity index (χ1n) is 7.42. The first kappa shape index (κ1) is 14.3. The van der Waals surface area contributed by atoms with Crippen molar-refractivity contribution in [2.75, 3.05) is 0 Å². The summed E-state index contributed by atoms with van der Waals surface area (Å²) in [5, 5.41) is 2.68. The SMILES string of the molecule is CCc1ccccc1C(Br)c1ccc(C)c2ccccc12. The summed E-state index contributed by atoms with van der Waals surface area (Å²) in [5.74, 6) is 0. The van der Waals surface area contributed by atoms with E-state index < -0.39 is 0 Å². The van der Waals surface area contributed by atoms with Gasteiger partial charge in [0.15, 0.2) is 0 Å². The second kappa shape index (κ2) is 6.03. The van der Waals surface area contributed by atoms with E-state index in [4.69, 9.17) is 0 Å². The molecule has 0 saturated heterocycles. The smallest absolute Gasteiger partial charge is 0.0653 e. The predicted octanol–water partition coefficient (Wildman–Crippen LogP) is 6.19. The minimum Gasteiger partial charge on any atom is -0.0786 e. The van der Waals surface area contributed by atoms with Gasteiger partial charge in [-0.05, 0) is 46.4 Å². The van der Waals surface area contributed by atoms with E-state index >= 15 is 0 Å². The third kappa shape index (κ3) is 2.63. The molecule has 3 rings (SSSR count). The average Bonchev–Trinajstić information content (AvgIpc) is 2.55. The van der Waals surface area contributed by atoms with Crippen LogP contribution in [0.3, 0.4) is 0 Å². The Bertz CT molecular complexity index is 774. The van der Waals surface area contributed by atoms with E-state index in [2.05, 4.69) is 90.4 Å². The Hall–Kier alpha value is -1.60. The quantitative estimate of drug-likeness (QED) is 0.499. The third-order valence-corrected chi connectivity index (χ3v) is 5.14. The highest BCUT2D eigenvalue weighted by Gasteiger charge is 2.16. The first-order chi connectivity index (χ1) is 10.2. The van der Waals surface area contributed by atoms with E-state index in [0.717, 1.165) is 6.42 Å². The number of benzene rings is 3. The van der Waals surface area contributed by atoms with Crippen LogP contribution in [0.2, 0.25) is 0 Å². The molecule has 106 valence electrons. The van der Waals surface area contributed by atoms with Crippen LogP contribution in [0.25, 0.3) is 10.8 Å². The molecule has 0 aromatic heterocycles. The van der Waals surface area contributed by atoms with Crippen molar-refractivity contribution in [2.24, 2.45) is 0 Å². The molecule has 0 heterocycles. The van der Waals surface area contributed by atoms with Crippen LogP contribution in [-0.2, 0) is 6.42 Å². The highest BCUT2D eigenvalue weighted by molar-refractivity contribution is 9.09. The van der Waals surface area contributed by atoms with E-state index in [0.29, 0.717) is 0 Å². The number of alkyl halides is 1. The minimum atomic E-state index is 0.235. The number of hydrogen-bond donors (Lipinski definition) is 0. The molecule has 0 N–H and O–H groups in total. The van der Waals surface area contributed by atoms with Crippen LogP contribution in [0.5, 0.6) is 0 Å². The van der Waals surface area contributed by atoms with Crippen molar-refractivity contribution in [1.82, 2.24) is 0 Å². The van der Waals surface area contributed by atoms with Crippen molar-refractivity contribution in [3.63, 3.8) is 0 Å². The fraction of sp³-hybridized carbons (Fsp3) is 0.200. The molecule has 0 saturated carbocycles. The van der Waals surface area contributed by atoms with Gasteiger partial charge >= 0.3 is 0 Å². The number of halogens is 1. The summed E-state index contributed by atoms with van der Waals surface area (Å²) >= 11 is 3.93. The van der Waals surface area contributed by atoms with Gasteiger partial charge in [0, 0.05) is 0 Å². The molecule has 0 radical (unpaired) electrons. The van der Waals surface area contributed by atoms with Crippen molar-refractivity contribution >= 4 is 26.7 Å². The lowest BCUT2D eigenvalue weighted by atomic mass is 9.93. The van der Waals surface area contributed by atoms with Gasteiger partial charge in [-0.25, -0.2) is 0 Å². The monoisotopic (exact) mass is 338 g/mol. The maximum Gasteiger partial charge on any atom is 0.0653 e. The molecule has 1 unspecified atom stereocenters. The van der Waals surface area contributed by atoms with Crippen molar-refractivity contribution in [2.45, 2.75) is 25.1 Å². The van der Waals surface area contributed by atoms with Crippen LogP contribution in [0.15, 0.2) is 60.7 Å². The zero-order valence-electron chi connectivity index (χ0n) is 12.4. The van der Waals surface area contributed by atoms with E-state index in [1.54, 1.807) is 0 Å². The first-order valence-corrected chi connectivity index (χ1v) is 8.34. The zero-order valence-corrected chi connectivity index (χ0v) is 14.0. The fourth-order valence-electron chi connectivity index (χ4n) is 2.97. The van der Waals surface area contributed by atoms with Gasteiger partial charge in [0.25, 0.3) is 0 Å². The highest BCUT2D eigenvalue weighted by Crippen LogP contribution is 2.37. The van der Waals surface area contributed by atoms with Crippen molar-refractivity contribution in [3.8, 4) is 0 Å². The van der Waals surface area contributed by atoms with Gasteiger partial charge in [0.05, 0.1) is 4.83 Å². The van der Waals surface area contributed by atoms with Gasteiger partial charge < -0.3 is 0 Å². The van der Waals surface area contributed by atoms with Crippen LogP contribution >= 0.6 is 15.9 Å². The highest BCUT2D eigenvalue weighted by atomic mass is 79.9. The zero-order chi connectivity index (χ0) is 14.8. The molecule has 0 amide bonds. The van der Waals surface area contributed by atoms with Gasteiger partial charge in [-0.1, -0.05) is 83.5 Å². The van der Waals surface area contributed by atoms with Crippen molar-refractivity contribution < 1.29 is 0 Å². The van der Waals surface area contributed by atoms with E-state index in [1.165, 1.54) is 33.0 Å². The summed E-state index contributed by atoms with van der Waals surface area (Å²) < 4.78 is 0. The normalized spacial score (nSPS) is 12.5. The van der Waals surface area contributed by atoms with Gasteiger partial charge in [0.1, 0.15) is 0 Å². The lowest BCUT2D eigenvalue weighted by Gasteiger charge is -2.17. The van der Waals surface area contributed by atoms with Crippen molar-refractivity contribution in [3.05, 3.63) is 82.9 Å². The summed E-state index contributed by atoms with van der Waals surface area (Å²) in [7, 11) is 0. The molecule has 0 fully saturated rings. The summed E-state index contributed by atoms with van der Waals surface area (Å²) in [6, 6.07) is 21.8. The average molecular weight is 339 g/mol. The Morgan fingerprint density at radius 2 is 1.48 bits per heavy atom. The summed E-state index contributed by atoms with van der Waals surface area (Å²) in [4.78, 5) is 0.235. The van der Waals surface area contributed by atoms with Gasteiger partial charge in [0.2, 0.25) is 0 Å². The number of fused-ring (bicyclic) bond motifs is 1. The Morgan fingerprint density at radius 3 is 2.24 bits per heavy atom.